The standard InChI is InChI=1S/C26H31N7O2S/c1-32(2)25(35)22-15-19-16-29-26(31-23(19)33(22)21-7-3-4-8-21)30-20-11-9-18(10-12-20)24(34)28-14-6-5-13-27-17-36/h9-12,15-16,21H,3-8,13-14H2,1-2H3,(H,28,34)(H,29,30,31). The molecule has 3 aromatic rings. The number of carbonyl (C=O) groups excluding carboxylic acids is 2. The Morgan fingerprint density at radius 3 is 2.64 bits per heavy atom. The van der Waals surface area contributed by atoms with Crippen molar-refractivity contribution in [3.8, 4) is 0 Å². The SMILES string of the molecule is CN(C)C(=O)c1cc2cnc(Nc3ccc(C(=O)NCCCCN=C=S)cc3)nc2n1C1CCCC1. The molecule has 0 spiro atoms. The molecule has 10 heteroatoms. The van der Waals surface area contributed by atoms with Gasteiger partial charge in [0.05, 0.1) is 5.16 Å². The minimum atomic E-state index is -0.120. The highest BCUT2D eigenvalue weighted by molar-refractivity contribution is 7.78. The molecule has 0 atom stereocenters. The lowest BCUT2D eigenvalue weighted by atomic mass is 10.2. The van der Waals surface area contributed by atoms with E-state index < -0.39 is 0 Å². The molecule has 2 N–H and O–H groups in total. The van der Waals surface area contributed by atoms with Gasteiger partial charge in [0.2, 0.25) is 5.95 Å². The Hall–Kier alpha value is -3.62. The summed E-state index contributed by atoms with van der Waals surface area (Å²) in [4.78, 5) is 40.0. The first kappa shape index (κ1) is 25.5. The number of hydrogen-bond acceptors (Lipinski definition) is 7. The van der Waals surface area contributed by atoms with E-state index >= 15 is 0 Å². The third kappa shape index (κ3) is 5.95. The predicted molar refractivity (Wildman–Crippen MR) is 144 cm³/mol. The quantitative estimate of drug-likeness (QED) is 0.237. The molecule has 0 saturated heterocycles. The number of amides is 2. The number of fused-ring (bicyclic) bond motifs is 1. The molecule has 188 valence electrons. The summed E-state index contributed by atoms with van der Waals surface area (Å²) in [5.41, 5.74) is 2.76. The summed E-state index contributed by atoms with van der Waals surface area (Å²) in [7, 11) is 3.53. The zero-order chi connectivity index (χ0) is 25.5. The Bertz CT molecular complexity index is 1270. The van der Waals surface area contributed by atoms with Crippen molar-refractivity contribution in [3.63, 3.8) is 0 Å². The molecule has 0 aliphatic heterocycles. The van der Waals surface area contributed by atoms with Crippen LogP contribution in [0.1, 0.15) is 65.4 Å². The summed E-state index contributed by atoms with van der Waals surface area (Å²) in [6, 6.07) is 9.33. The Balaban J connectivity index is 1.47. The minimum absolute atomic E-state index is 0.0354. The number of carbonyl (C=O) groups is 2. The minimum Gasteiger partial charge on any atom is -0.352 e. The van der Waals surface area contributed by atoms with Gasteiger partial charge in [-0.2, -0.15) is 4.98 Å². The predicted octanol–water partition coefficient (Wildman–Crippen LogP) is 4.60. The second-order valence-electron chi connectivity index (χ2n) is 9.15. The molecule has 1 fully saturated rings. The fourth-order valence-electron chi connectivity index (χ4n) is 4.49. The van der Waals surface area contributed by atoms with E-state index in [1.54, 1.807) is 37.3 Å². The molecule has 1 aliphatic rings. The second-order valence-corrected chi connectivity index (χ2v) is 9.33. The molecule has 2 amide bonds. The van der Waals surface area contributed by atoms with Gasteiger partial charge in [0.25, 0.3) is 11.8 Å². The van der Waals surface area contributed by atoms with Gasteiger partial charge in [0.15, 0.2) is 0 Å². The summed E-state index contributed by atoms with van der Waals surface area (Å²) in [6.45, 7) is 1.21. The van der Waals surface area contributed by atoms with Gasteiger partial charge in [-0.05, 0) is 68.2 Å². The van der Waals surface area contributed by atoms with E-state index in [0.29, 0.717) is 30.3 Å². The second kappa shape index (κ2) is 11.9. The lowest BCUT2D eigenvalue weighted by Crippen LogP contribution is -2.25. The van der Waals surface area contributed by atoms with Gasteiger partial charge in [0.1, 0.15) is 11.3 Å². The maximum absolute atomic E-state index is 12.9. The molecule has 2 heterocycles. The van der Waals surface area contributed by atoms with E-state index in [0.717, 1.165) is 55.2 Å². The first-order valence-corrected chi connectivity index (χ1v) is 12.7. The van der Waals surface area contributed by atoms with Gasteiger partial charge in [0, 0.05) is 56.1 Å². The number of nitrogens with zero attached hydrogens (tertiary/aromatic N) is 5. The van der Waals surface area contributed by atoms with Gasteiger partial charge in [-0.3, -0.25) is 9.59 Å². The molecular weight excluding hydrogens is 474 g/mol. The van der Waals surface area contributed by atoms with Crippen molar-refractivity contribution in [1.82, 2.24) is 24.8 Å². The first-order chi connectivity index (χ1) is 17.5. The fourth-order valence-corrected chi connectivity index (χ4v) is 4.58. The summed E-state index contributed by atoms with van der Waals surface area (Å²) in [5, 5.41) is 9.32. The van der Waals surface area contributed by atoms with Crippen LogP contribution in [0.2, 0.25) is 0 Å². The largest absolute Gasteiger partial charge is 0.352 e. The van der Waals surface area contributed by atoms with Gasteiger partial charge in [-0.1, -0.05) is 12.8 Å². The van der Waals surface area contributed by atoms with E-state index in [2.05, 4.69) is 42.6 Å². The van der Waals surface area contributed by atoms with Crippen molar-refractivity contribution >= 4 is 51.9 Å². The normalized spacial score (nSPS) is 13.4. The van der Waals surface area contributed by atoms with E-state index in [-0.39, 0.29) is 17.9 Å². The number of nitrogens with one attached hydrogen (secondary N) is 2. The third-order valence-electron chi connectivity index (χ3n) is 6.34. The van der Waals surface area contributed by atoms with Crippen LogP contribution >= 0.6 is 12.2 Å². The van der Waals surface area contributed by atoms with Crippen molar-refractivity contribution in [2.45, 2.75) is 44.6 Å². The number of aromatic nitrogens is 3. The van der Waals surface area contributed by atoms with Gasteiger partial charge in [-0.15, -0.1) is 0 Å². The highest BCUT2D eigenvalue weighted by Gasteiger charge is 2.26. The highest BCUT2D eigenvalue weighted by atomic mass is 32.1. The molecule has 0 radical (unpaired) electrons. The maximum atomic E-state index is 12.9. The number of thiocarbonyl (C=S) groups is 1. The van der Waals surface area contributed by atoms with Crippen LogP contribution in [0, 0.1) is 0 Å². The molecule has 9 nitrogen and oxygen atoms in total. The lowest BCUT2D eigenvalue weighted by molar-refractivity contribution is 0.0815. The molecule has 1 saturated carbocycles. The van der Waals surface area contributed by atoms with Crippen LogP contribution in [-0.4, -0.2) is 63.6 Å². The van der Waals surface area contributed by atoms with Gasteiger partial charge in [-0.25, -0.2) is 9.98 Å². The van der Waals surface area contributed by atoms with E-state index in [4.69, 9.17) is 4.98 Å². The topological polar surface area (TPSA) is 105 Å². The number of aliphatic imine (C=N–C) groups is 1. The van der Waals surface area contributed by atoms with Crippen molar-refractivity contribution < 1.29 is 9.59 Å². The Morgan fingerprint density at radius 1 is 1.19 bits per heavy atom. The third-order valence-corrected chi connectivity index (χ3v) is 6.47. The molecule has 0 unspecified atom stereocenters. The summed E-state index contributed by atoms with van der Waals surface area (Å²) in [6.07, 6.45) is 7.81. The summed E-state index contributed by atoms with van der Waals surface area (Å²) in [5.74, 6) is 0.289. The van der Waals surface area contributed by atoms with Crippen molar-refractivity contribution in [2.24, 2.45) is 4.99 Å². The number of hydrogen-bond donors (Lipinski definition) is 2. The zero-order valence-electron chi connectivity index (χ0n) is 20.7. The molecule has 4 rings (SSSR count). The van der Waals surface area contributed by atoms with Crippen molar-refractivity contribution in [1.29, 1.82) is 0 Å². The Labute approximate surface area is 216 Å². The zero-order valence-corrected chi connectivity index (χ0v) is 21.5. The molecule has 0 bridgehead atoms. The van der Waals surface area contributed by atoms with Crippen molar-refractivity contribution in [3.05, 3.63) is 47.8 Å². The number of rotatable bonds is 10. The van der Waals surface area contributed by atoms with E-state index in [1.807, 2.05) is 18.2 Å². The van der Waals surface area contributed by atoms with Crippen LogP contribution in [0.25, 0.3) is 11.0 Å². The number of anilines is 2. The van der Waals surface area contributed by atoms with Crippen LogP contribution in [0.15, 0.2) is 41.5 Å². The lowest BCUT2D eigenvalue weighted by Gasteiger charge is -2.19. The number of isothiocyanates is 1. The number of benzene rings is 1. The van der Waals surface area contributed by atoms with Crippen LogP contribution in [0.4, 0.5) is 11.6 Å². The Morgan fingerprint density at radius 2 is 1.94 bits per heavy atom. The van der Waals surface area contributed by atoms with Crippen LogP contribution in [0.5, 0.6) is 0 Å². The average Bonchev–Trinajstić information content (AvgIpc) is 3.53. The van der Waals surface area contributed by atoms with Crippen molar-refractivity contribution in [2.75, 3.05) is 32.5 Å². The molecular formula is C26H31N7O2S. The van der Waals surface area contributed by atoms with Crippen LogP contribution < -0.4 is 10.6 Å². The average molecular weight is 506 g/mol. The summed E-state index contributed by atoms with van der Waals surface area (Å²) >= 11 is 4.54. The first-order valence-electron chi connectivity index (χ1n) is 12.3. The smallest absolute Gasteiger partial charge is 0.270 e. The molecule has 36 heavy (non-hydrogen) atoms. The molecule has 2 aromatic heterocycles. The van der Waals surface area contributed by atoms with Crippen LogP contribution in [0.3, 0.4) is 0 Å². The van der Waals surface area contributed by atoms with E-state index in [9.17, 15) is 9.59 Å². The van der Waals surface area contributed by atoms with Gasteiger partial charge >= 0.3 is 0 Å². The number of unbranched alkanes of at least 4 members (excludes halogenated alkanes) is 1. The maximum Gasteiger partial charge on any atom is 0.270 e. The molecule has 1 aromatic carbocycles. The molecule has 1 aliphatic carbocycles. The fraction of sp³-hybridized carbons (Fsp3) is 0.423. The summed E-state index contributed by atoms with van der Waals surface area (Å²) < 4.78 is 2.09. The monoisotopic (exact) mass is 505 g/mol. The van der Waals surface area contributed by atoms with Gasteiger partial charge < -0.3 is 20.1 Å². The highest BCUT2D eigenvalue weighted by Crippen LogP contribution is 2.35. The van der Waals surface area contributed by atoms with E-state index in [1.165, 1.54) is 0 Å². The Kier molecular flexibility index (Phi) is 8.40. The van der Waals surface area contributed by atoms with Crippen LogP contribution in [-0.2, 0) is 0 Å².